The van der Waals surface area contributed by atoms with Crippen LogP contribution in [0.15, 0.2) is 11.6 Å². The zero-order chi connectivity index (χ0) is 15.7. The molecular weight excluding hydrogens is 260 g/mol. The number of rotatable bonds is 0. The number of allylic oxidation sites excluding steroid dienone is 1. The number of carbonyl (C=O) groups is 1. The van der Waals surface area contributed by atoms with E-state index in [2.05, 4.69) is 13.8 Å². The molecule has 0 saturated heterocycles. The molecule has 116 valence electrons. The molecule has 4 rings (SSSR count). The van der Waals surface area contributed by atoms with Crippen LogP contribution >= 0.6 is 0 Å². The van der Waals surface area contributed by atoms with Crippen molar-refractivity contribution in [3.63, 3.8) is 0 Å². The number of aliphatic hydroxyl groups is 1. The van der Waals surface area contributed by atoms with Crippen LogP contribution in [0.5, 0.6) is 0 Å². The fourth-order valence-electron chi connectivity index (χ4n) is 6.19. The van der Waals surface area contributed by atoms with E-state index in [1.54, 1.807) is 0 Å². The standard InChI is InChI=1S/C19H28O2/c1-18-9-7-13(20)11-12(18)3-4-14-15-5-6-17(21)19(15,2)10-8-16(14)18/h11,14-17,21H,3-10H2,1-2H3/t14-,15-,16-,17-,18-,19-/m0/s1/i4T/t4?,14-,15-,16-,17-,18-,19-. The minimum absolute atomic E-state index is 0.0303. The molecule has 4 aliphatic carbocycles. The van der Waals surface area contributed by atoms with Crippen molar-refractivity contribution in [2.24, 2.45) is 28.6 Å². The first kappa shape index (κ1) is 12.9. The van der Waals surface area contributed by atoms with Crippen molar-refractivity contribution >= 4 is 5.78 Å². The summed E-state index contributed by atoms with van der Waals surface area (Å²) in [5.41, 5.74) is 1.42. The summed E-state index contributed by atoms with van der Waals surface area (Å²) in [6, 6.07) is 0. The van der Waals surface area contributed by atoms with Gasteiger partial charge in [-0.1, -0.05) is 19.4 Å². The van der Waals surface area contributed by atoms with E-state index in [1.807, 2.05) is 6.08 Å². The second-order valence-corrected chi connectivity index (χ2v) is 8.42. The average Bonchev–Trinajstić information content (AvgIpc) is 2.77. The molecule has 0 aliphatic heterocycles. The molecule has 0 heterocycles. The van der Waals surface area contributed by atoms with Crippen molar-refractivity contribution in [3.8, 4) is 0 Å². The SMILES string of the molecule is [3H]C1CC2=CC(=O)CC[C@]2(C)[C@H]2CC[C@]3(C)[C@@H](O)CC[C@H]3[C@H]12. The molecule has 0 spiro atoms. The molecule has 0 aromatic heterocycles. The Morgan fingerprint density at radius 2 is 2.00 bits per heavy atom. The maximum absolute atomic E-state index is 11.8. The summed E-state index contributed by atoms with van der Waals surface area (Å²) < 4.78 is 8.74. The topological polar surface area (TPSA) is 37.3 Å². The summed E-state index contributed by atoms with van der Waals surface area (Å²) in [7, 11) is 0. The Bertz CT molecular complexity index is 542. The quantitative estimate of drug-likeness (QED) is 0.735. The predicted octanol–water partition coefficient (Wildman–Crippen LogP) is 3.88. The van der Waals surface area contributed by atoms with Gasteiger partial charge in [-0.25, -0.2) is 0 Å². The number of ketones is 1. The van der Waals surface area contributed by atoms with Gasteiger partial charge in [-0.3, -0.25) is 4.79 Å². The lowest BCUT2D eigenvalue weighted by molar-refractivity contribution is -0.118. The first-order chi connectivity index (χ1) is 10.4. The molecule has 0 amide bonds. The van der Waals surface area contributed by atoms with Crippen LogP contribution in [0.3, 0.4) is 0 Å². The van der Waals surface area contributed by atoms with Crippen molar-refractivity contribution in [3.05, 3.63) is 11.6 Å². The van der Waals surface area contributed by atoms with E-state index < -0.39 is 0 Å². The van der Waals surface area contributed by atoms with Gasteiger partial charge in [-0.05, 0) is 79.6 Å². The highest BCUT2D eigenvalue weighted by Gasteiger charge is 2.58. The van der Waals surface area contributed by atoms with E-state index in [1.165, 1.54) is 5.57 Å². The number of fused-ring (bicyclic) bond motifs is 5. The highest BCUT2D eigenvalue weighted by molar-refractivity contribution is 5.91. The first-order valence-corrected chi connectivity index (χ1v) is 8.70. The molecule has 0 bridgehead atoms. The lowest BCUT2D eigenvalue weighted by atomic mass is 9.47. The predicted molar refractivity (Wildman–Crippen MR) is 82.7 cm³/mol. The largest absolute Gasteiger partial charge is 0.393 e. The third-order valence-corrected chi connectivity index (χ3v) is 7.67. The van der Waals surface area contributed by atoms with Gasteiger partial charge in [0.1, 0.15) is 0 Å². The van der Waals surface area contributed by atoms with Crippen LogP contribution in [0.1, 0.15) is 66.6 Å². The summed E-state index contributed by atoms with van der Waals surface area (Å²) >= 11 is 0. The molecular formula is C19H28O2. The Labute approximate surface area is 129 Å². The van der Waals surface area contributed by atoms with Crippen LogP contribution in [0, 0.1) is 28.6 Å². The Morgan fingerprint density at radius 1 is 1.19 bits per heavy atom. The zero-order valence-electron chi connectivity index (χ0n) is 14.3. The van der Waals surface area contributed by atoms with Crippen LogP contribution in [-0.4, -0.2) is 17.0 Å². The monoisotopic (exact) mass is 290 g/mol. The third-order valence-electron chi connectivity index (χ3n) is 7.67. The van der Waals surface area contributed by atoms with Gasteiger partial charge >= 0.3 is 0 Å². The average molecular weight is 290 g/mol. The molecule has 0 aromatic carbocycles. The number of aliphatic hydroxyl groups excluding tert-OH is 1. The molecule has 0 radical (unpaired) electrons. The lowest BCUT2D eigenvalue weighted by Gasteiger charge is -2.57. The number of hydrogen-bond donors (Lipinski definition) is 1. The van der Waals surface area contributed by atoms with Crippen LogP contribution in [-0.2, 0) is 4.79 Å². The van der Waals surface area contributed by atoms with Crippen LogP contribution in [0.4, 0.5) is 0 Å². The summed E-state index contributed by atoms with van der Waals surface area (Å²) in [6.45, 7) is 4.61. The molecule has 1 unspecified atom stereocenters. The fraction of sp³-hybridized carbons (Fsp3) is 0.842. The molecule has 3 saturated carbocycles. The minimum Gasteiger partial charge on any atom is -0.393 e. The number of carbonyl (C=O) groups excluding carboxylic acids is 1. The van der Waals surface area contributed by atoms with E-state index >= 15 is 0 Å². The highest BCUT2D eigenvalue weighted by Crippen LogP contribution is 2.65. The molecule has 21 heavy (non-hydrogen) atoms. The van der Waals surface area contributed by atoms with E-state index in [0.29, 0.717) is 24.2 Å². The van der Waals surface area contributed by atoms with Gasteiger partial charge in [0.15, 0.2) is 5.78 Å². The Kier molecular flexibility index (Phi) is 2.72. The Morgan fingerprint density at radius 3 is 2.81 bits per heavy atom. The third kappa shape index (κ3) is 1.78. The number of hydrogen-bond acceptors (Lipinski definition) is 2. The summed E-state index contributed by atoms with van der Waals surface area (Å²) in [6.07, 6.45) is 8.22. The van der Waals surface area contributed by atoms with E-state index in [0.717, 1.165) is 38.5 Å². The molecule has 3 fully saturated rings. The van der Waals surface area contributed by atoms with Crippen molar-refractivity contribution in [2.45, 2.75) is 71.3 Å². The van der Waals surface area contributed by atoms with Crippen molar-refractivity contribution < 1.29 is 11.3 Å². The maximum atomic E-state index is 11.8. The minimum atomic E-state index is -0.177. The van der Waals surface area contributed by atoms with Crippen molar-refractivity contribution in [1.29, 1.82) is 0 Å². The van der Waals surface area contributed by atoms with Crippen molar-refractivity contribution in [2.75, 3.05) is 0 Å². The van der Waals surface area contributed by atoms with Gasteiger partial charge in [0, 0.05) is 7.79 Å². The van der Waals surface area contributed by atoms with Crippen molar-refractivity contribution in [1.82, 2.24) is 0 Å². The molecule has 4 aliphatic rings. The van der Waals surface area contributed by atoms with E-state index in [9.17, 15) is 9.90 Å². The van der Waals surface area contributed by atoms with Gasteiger partial charge in [0.05, 0.1) is 6.10 Å². The van der Waals surface area contributed by atoms with Gasteiger partial charge < -0.3 is 5.11 Å². The molecule has 7 atom stereocenters. The highest BCUT2D eigenvalue weighted by atomic mass is 16.3. The van der Waals surface area contributed by atoms with E-state index in [-0.39, 0.29) is 29.1 Å². The molecule has 1 N–H and O–H groups in total. The Balaban J connectivity index is 1.74. The zero-order valence-corrected chi connectivity index (χ0v) is 13.3. The smallest absolute Gasteiger partial charge is 0.155 e. The van der Waals surface area contributed by atoms with Gasteiger partial charge in [0.25, 0.3) is 0 Å². The van der Waals surface area contributed by atoms with Gasteiger partial charge in [-0.15, -0.1) is 0 Å². The Hall–Kier alpha value is -0.630. The summed E-state index contributed by atoms with van der Waals surface area (Å²) in [4.78, 5) is 11.8. The summed E-state index contributed by atoms with van der Waals surface area (Å²) in [5, 5.41) is 10.5. The van der Waals surface area contributed by atoms with Crippen LogP contribution < -0.4 is 0 Å². The van der Waals surface area contributed by atoms with Gasteiger partial charge in [0.2, 0.25) is 0 Å². The van der Waals surface area contributed by atoms with E-state index in [4.69, 9.17) is 1.37 Å². The molecule has 2 heteroatoms. The first-order valence-electron chi connectivity index (χ1n) is 9.28. The normalized spacial score (nSPS) is 56.9. The van der Waals surface area contributed by atoms with Gasteiger partial charge in [-0.2, -0.15) is 0 Å². The fourth-order valence-corrected chi connectivity index (χ4v) is 6.19. The van der Waals surface area contributed by atoms with Crippen LogP contribution in [0.25, 0.3) is 0 Å². The van der Waals surface area contributed by atoms with Crippen LogP contribution in [0.2, 0.25) is 0 Å². The second kappa shape index (κ2) is 4.44. The second-order valence-electron chi connectivity index (χ2n) is 8.42. The molecule has 2 nitrogen and oxygen atoms in total. The summed E-state index contributed by atoms with van der Waals surface area (Å²) in [5.74, 6) is 1.70. The lowest BCUT2D eigenvalue weighted by Crippen LogP contribution is -2.51. The molecule has 0 aromatic rings. The maximum Gasteiger partial charge on any atom is 0.155 e.